The molecule has 0 aliphatic heterocycles. The number of nitrogens with zero attached hydrogens (tertiary/aromatic N) is 1. The molecule has 2 amide bonds. The van der Waals surface area contributed by atoms with Crippen LogP contribution in [0.5, 0.6) is 0 Å². The molecule has 0 unspecified atom stereocenters. The Hall–Kier alpha value is -2.87. The van der Waals surface area contributed by atoms with Gasteiger partial charge in [0.25, 0.3) is 0 Å². The highest BCUT2D eigenvalue weighted by molar-refractivity contribution is 5.90. The van der Waals surface area contributed by atoms with Crippen LogP contribution >= 0.6 is 0 Å². The van der Waals surface area contributed by atoms with Crippen LogP contribution in [0.4, 0.5) is 5.69 Å². The predicted molar refractivity (Wildman–Crippen MR) is 111 cm³/mol. The number of amides is 2. The monoisotopic (exact) mass is 379 g/mol. The zero-order chi connectivity index (χ0) is 20.0. The van der Waals surface area contributed by atoms with Crippen molar-refractivity contribution in [3.63, 3.8) is 0 Å². The summed E-state index contributed by atoms with van der Waals surface area (Å²) in [6.45, 7) is 0. The van der Waals surface area contributed by atoms with Crippen LogP contribution < -0.4 is 10.6 Å². The highest BCUT2D eigenvalue weighted by Crippen LogP contribution is 2.12. The molecule has 0 spiro atoms. The Morgan fingerprint density at radius 3 is 2.04 bits per heavy atom. The molecule has 5 nitrogen and oxygen atoms in total. The Balaban J connectivity index is 1.45. The second-order valence-electron chi connectivity index (χ2n) is 7.05. The lowest BCUT2D eigenvalue weighted by molar-refractivity contribution is -0.120. The molecule has 0 atom stereocenters. The third kappa shape index (κ3) is 8.68. The first kappa shape index (κ1) is 21.4. The molecule has 28 heavy (non-hydrogen) atoms. The number of nitrogens with one attached hydrogen (secondary N) is 2. The topological polar surface area (TPSA) is 82.0 Å². The largest absolute Gasteiger partial charge is 0.326 e. The molecule has 2 rings (SSSR count). The van der Waals surface area contributed by atoms with Gasteiger partial charge in [-0.3, -0.25) is 9.59 Å². The summed E-state index contributed by atoms with van der Waals surface area (Å²) in [4.78, 5) is 23.8. The van der Waals surface area contributed by atoms with Crippen LogP contribution in [0.3, 0.4) is 0 Å². The van der Waals surface area contributed by atoms with Crippen molar-refractivity contribution < 1.29 is 9.59 Å². The third-order valence-electron chi connectivity index (χ3n) is 4.63. The Morgan fingerprint density at radius 2 is 1.46 bits per heavy atom. The van der Waals surface area contributed by atoms with E-state index in [0.717, 1.165) is 62.8 Å². The molecule has 0 fully saturated rings. The van der Waals surface area contributed by atoms with Gasteiger partial charge in [-0.15, -0.1) is 0 Å². The van der Waals surface area contributed by atoms with Crippen molar-refractivity contribution in [3.8, 4) is 6.07 Å². The summed E-state index contributed by atoms with van der Waals surface area (Å²) in [5, 5.41) is 14.6. The van der Waals surface area contributed by atoms with Gasteiger partial charge in [-0.05, 0) is 56.0 Å². The maximum atomic E-state index is 11.9. The molecule has 1 aromatic rings. The van der Waals surface area contributed by atoms with E-state index in [0.29, 0.717) is 18.4 Å². The van der Waals surface area contributed by atoms with Gasteiger partial charge in [-0.2, -0.15) is 5.26 Å². The van der Waals surface area contributed by atoms with Gasteiger partial charge in [0.1, 0.15) is 0 Å². The van der Waals surface area contributed by atoms with Crippen molar-refractivity contribution in [1.82, 2.24) is 5.32 Å². The molecular weight excluding hydrogens is 350 g/mol. The Bertz CT molecular complexity index is 742. The number of allylic oxidation sites excluding steroid dienone is 3. The van der Waals surface area contributed by atoms with Crippen molar-refractivity contribution in [2.45, 2.75) is 64.2 Å². The van der Waals surface area contributed by atoms with Gasteiger partial charge in [-0.1, -0.05) is 37.8 Å². The minimum atomic E-state index is 0.00689. The van der Waals surface area contributed by atoms with Crippen molar-refractivity contribution >= 4 is 17.5 Å². The second kappa shape index (κ2) is 12.5. The lowest BCUT2D eigenvalue weighted by Gasteiger charge is -2.09. The molecule has 0 saturated heterocycles. The van der Waals surface area contributed by atoms with E-state index >= 15 is 0 Å². The first-order chi connectivity index (χ1) is 13.7. The number of benzene rings is 1. The molecule has 1 aromatic carbocycles. The molecule has 0 bridgehead atoms. The van der Waals surface area contributed by atoms with Gasteiger partial charge in [0.15, 0.2) is 0 Å². The van der Waals surface area contributed by atoms with Gasteiger partial charge in [0.05, 0.1) is 11.6 Å². The Labute approximate surface area is 167 Å². The van der Waals surface area contributed by atoms with Crippen molar-refractivity contribution in [1.29, 1.82) is 5.26 Å². The van der Waals surface area contributed by atoms with Crippen LogP contribution in [0.1, 0.15) is 69.8 Å². The van der Waals surface area contributed by atoms with Crippen LogP contribution in [0.2, 0.25) is 0 Å². The van der Waals surface area contributed by atoms with Gasteiger partial charge < -0.3 is 10.6 Å². The number of hydrogen-bond donors (Lipinski definition) is 2. The number of unbranched alkanes of at least 4 members (excludes halogenated alkanes) is 5. The average Bonchev–Trinajstić information content (AvgIpc) is 2.71. The van der Waals surface area contributed by atoms with Crippen LogP contribution in [0, 0.1) is 11.3 Å². The summed E-state index contributed by atoms with van der Waals surface area (Å²) in [7, 11) is 0. The summed E-state index contributed by atoms with van der Waals surface area (Å²) < 4.78 is 0. The number of nitriles is 1. The average molecular weight is 380 g/mol. The SMILES string of the molecule is N#Cc1ccc(NC(=O)CCCCCCCCC(=O)NC2=CCCC=C2)cc1. The fourth-order valence-electron chi connectivity index (χ4n) is 3.06. The van der Waals surface area contributed by atoms with Crippen molar-refractivity contribution in [2.75, 3.05) is 5.32 Å². The molecule has 1 aliphatic carbocycles. The number of hydrogen-bond acceptors (Lipinski definition) is 3. The van der Waals surface area contributed by atoms with Crippen molar-refractivity contribution in [2.24, 2.45) is 0 Å². The highest BCUT2D eigenvalue weighted by Gasteiger charge is 2.05. The Kier molecular flexibility index (Phi) is 9.57. The van der Waals surface area contributed by atoms with E-state index in [-0.39, 0.29) is 11.8 Å². The van der Waals surface area contributed by atoms with E-state index < -0.39 is 0 Å². The predicted octanol–water partition coefficient (Wildman–Crippen LogP) is 4.97. The standard InChI is InChI=1S/C23H29N3O2/c24-18-19-14-16-21(17-15-19)26-23(28)13-9-4-2-1-3-8-12-22(27)25-20-10-6-5-7-11-20/h6,10-11,14-17H,1-5,7-9,12-13H2,(H,25,27)(H,26,28). The smallest absolute Gasteiger partial charge is 0.224 e. The fourth-order valence-corrected chi connectivity index (χ4v) is 3.06. The molecule has 148 valence electrons. The molecule has 0 heterocycles. The summed E-state index contributed by atoms with van der Waals surface area (Å²) in [5.41, 5.74) is 2.23. The van der Waals surface area contributed by atoms with E-state index in [2.05, 4.69) is 28.9 Å². The van der Waals surface area contributed by atoms with Crippen LogP contribution in [-0.2, 0) is 9.59 Å². The molecule has 0 aromatic heterocycles. The van der Waals surface area contributed by atoms with Gasteiger partial charge >= 0.3 is 0 Å². The molecule has 5 heteroatoms. The van der Waals surface area contributed by atoms with Gasteiger partial charge in [0.2, 0.25) is 11.8 Å². The summed E-state index contributed by atoms with van der Waals surface area (Å²) in [5.74, 6) is 0.102. The minimum absolute atomic E-state index is 0.00689. The molecule has 1 aliphatic rings. The third-order valence-corrected chi connectivity index (χ3v) is 4.63. The fraction of sp³-hybridized carbons (Fsp3) is 0.435. The van der Waals surface area contributed by atoms with E-state index in [1.165, 1.54) is 0 Å². The molecule has 0 radical (unpaired) electrons. The zero-order valence-electron chi connectivity index (χ0n) is 16.4. The maximum Gasteiger partial charge on any atom is 0.224 e. The lowest BCUT2D eigenvalue weighted by Crippen LogP contribution is -2.21. The van der Waals surface area contributed by atoms with Crippen LogP contribution in [-0.4, -0.2) is 11.8 Å². The normalized spacial score (nSPS) is 12.8. The molecule has 2 N–H and O–H groups in total. The lowest BCUT2D eigenvalue weighted by atomic mass is 10.1. The highest BCUT2D eigenvalue weighted by atomic mass is 16.2. The second-order valence-corrected chi connectivity index (χ2v) is 7.05. The number of rotatable bonds is 11. The number of carbonyl (C=O) groups excluding carboxylic acids is 2. The number of anilines is 1. The van der Waals surface area contributed by atoms with Crippen molar-refractivity contribution in [3.05, 3.63) is 53.8 Å². The first-order valence-electron chi connectivity index (χ1n) is 10.1. The Morgan fingerprint density at radius 1 is 0.857 bits per heavy atom. The van der Waals surface area contributed by atoms with E-state index in [1.807, 2.05) is 6.08 Å². The van der Waals surface area contributed by atoms with E-state index in [1.54, 1.807) is 24.3 Å². The summed E-state index contributed by atoms with van der Waals surface area (Å²) in [6, 6.07) is 8.93. The quantitative estimate of drug-likeness (QED) is 0.533. The minimum Gasteiger partial charge on any atom is -0.326 e. The van der Waals surface area contributed by atoms with Crippen LogP contribution in [0.15, 0.2) is 48.2 Å². The number of carbonyl (C=O) groups is 2. The first-order valence-corrected chi connectivity index (χ1v) is 10.1. The van der Waals surface area contributed by atoms with E-state index in [9.17, 15) is 9.59 Å². The summed E-state index contributed by atoms with van der Waals surface area (Å²) in [6.07, 6.45) is 15.2. The molecule has 0 saturated carbocycles. The van der Waals surface area contributed by atoms with Gasteiger partial charge in [0, 0.05) is 24.2 Å². The van der Waals surface area contributed by atoms with E-state index in [4.69, 9.17) is 5.26 Å². The molecular formula is C23H29N3O2. The van der Waals surface area contributed by atoms with Crippen LogP contribution in [0.25, 0.3) is 0 Å². The van der Waals surface area contributed by atoms with Gasteiger partial charge in [-0.25, -0.2) is 0 Å². The summed E-state index contributed by atoms with van der Waals surface area (Å²) >= 11 is 0. The maximum absolute atomic E-state index is 11.9. The zero-order valence-corrected chi connectivity index (χ0v) is 16.4.